The minimum atomic E-state index is -1.04. The second-order valence-electron chi connectivity index (χ2n) is 4.27. The molecule has 0 aromatic carbocycles. The van der Waals surface area contributed by atoms with Crippen molar-refractivity contribution in [3.63, 3.8) is 0 Å². The fourth-order valence-electron chi connectivity index (χ4n) is 1.67. The van der Waals surface area contributed by atoms with Crippen LogP contribution in [0.2, 0.25) is 0 Å². The molecule has 18 heavy (non-hydrogen) atoms. The molecule has 2 N–H and O–H groups in total. The lowest BCUT2D eigenvalue weighted by molar-refractivity contribution is -0.134. The second-order valence-corrected chi connectivity index (χ2v) is 5.26. The predicted octanol–water partition coefficient (Wildman–Crippen LogP) is 0.835. The van der Waals surface area contributed by atoms with Crippen molar-refractivity contribution < 1.29 is 14.7 Å². The lowest BCUT2D eigenvalue weighted by Crippen LogP contribution is -2.44. The summed E-state index contributed by atoms with van der Waals surface area (Å²) in [5.41, 5.74) is -0.688. The molecule has 0 aliphatic carbocycles. The van der Waals surface area contributed by atoms with Gasteiger partial charge in [-0.15, -0.1) is 0 Å². The number of amides is 1. The van der Waals surface area contributed by atoms with Gasteiger partial charge in [-0.05, 0) is 0 Å². The van der Waals surface area contributed by atoms with Crippen LogP contribution >= 0.6 is 11.8 Å². The number of aliphatic carboxylic acids is 1. The third kappa shape index (κ3) is 2.47. The minimum Gasteiger partial charge on any atom is -0.481 e. The first-order valence-electron chi connectivity index (χ1n) is 5.04. The smallest absolute Gasteiger partial charge is 0.313 e. The van der Waals surface area contributed by atoms with E-state index in [1.165, 1.54) is 0 Å². The first-order valence-corrected chi connectivity index (χ1v) is 6.03. The minimum absolute atomic E-state index is 0.224. The van der Waals surface area contributed by atoms with Crippen molar-refractivity contribution in [2.24, 2.45) is 11.3 Å². The Labute approximate surface area is 108 Å². The number of nitrogens with one attached hydrogen (secondary N) is 1. The van der Waals surface area contributed by atoms with Gasteiger partial charge in [0, 0.05) is 5.41 Å². The van der Waals surface area contributed by atoms with E-state index < -0.39 is 23.2 Å². The maximum absolute atomic E-state index is 11.7. The number of carbonyl (C=O) groups excluding carboxylic acids is 1. The van der Waals surface area contributed by atoms with E-state index in [1.807, 2.05) is 12.1 Å². The van der Waals surface area contributed by atoms with E-state index in [4.69, 9.17) is 15.6 Å². The molecule has 1 heterocycles. The summed E-state index contributed by atoms with van der Waals surface area (Å²) in [6.07, 6.45) is 0. The molecule has 0 aromatic heterocycles. The van der Waals surface area contributed by atoms with E-state index in [0.29, 0.717) is 0 Å². The Bertz CT molecular complexity index is 511. The molecule has 6 nitrogen and oxygen atoms in total. The lowest BCUT2D eigenvalue weighted by atomic mass is 9.72. The van der Waals surface area contributed by atoms with Gasteiger partial charge in [-0.2, -0.15) is 10.5 Å². The number of thioether (sulfide) groups is 1. The van der Waals surface area contributed by atoms with Gasteiger partial charge in [0.15, 0.2) is 0 Å². The van der Waals surface area contributed by atoms with Gasteiger partial charge >= 0.3 is 5.97 Å². The maximum atomic E-state index is 11.7. The topological polar surface area (TPSA) is 114 Å². The molecule has 0 spiro atoms. The van der Waals surface area contributed by atoms with Gasteiger partial charge in [0.2, 0.25) is 5.91 Å². The number of hydrogen-bond donors (Lipinski definition) is 2. The number of nitrogens with zero attached hydrogens (tertiary/aromatic N) is 2. The highest BCUT2D eigenvalue weighted by atomic mass is 32.2. The zero-order valence-corrected chi connectivity index (χ0v) is 10.7. The third-order valence-electron chi connectivity index (χ3n) is 2.67. The van der Waals surface area contributed by atoms with E-state index in [1.54, 1.807) is 13.8 Å². The van der Waals surface area contributed by atoms with E-state index in [0.717, 1.165) is 11.8 Å². The summed E-state index contributed by atoms with van der Waals surface area (Å²) in [6, 6.07) is 3.82. The molecule has 0 aromatic rings. The van der Waals surface area contributed by atoms with Crippen LogP contribution in [0, 0.1) is 34.0 Å². The van der Waals surface area contributed by atoms with Crippen molar-refractivity contribution in [1.82, 2.24) is 5.32 Å². The SMILES string of the molecule is CC1(C)C(C#N)=C(SCC(=O)O)NC(=O)[C@H]1C#N. The summed E-state index contributed by atoms with van der Waals surface area (Å²) in [7, 11) is 0. The number of carboxylic acid groups (broad SMARTS) is 1. The largest absolute Gasteiger partial charge is 0.481 e. The molecule has 1 atom stereocenters. The third-order valence-corrected chi connectivity index (χ3v) is 3.66. The molecule has 1 aliphatic rings. The lowest BCUT2D eigenvalue weighted by Gasteiger charge is -2.34. The molecule has 0 radical (unpaired) electrons. The van der Waals surface area contributed by atoms with Crippen LogP contribution in [-0.4, -0.2) is 22.7 Å². The molecule has 7 heteroatoms. The Kier molecular flexibility index (Phi) is 4.00. The van der Waals surface area contributed by atoms with Crippen LogP contribution in [0.3, 0.4) is 0 Å². The maximum Gasteiger partial charge on any atom is 0.313 e. The second kappa shape index (κ2) is 5.11. The summed E-state index contributed by atoms with van der Waals surface area (Å²) < 4.78 is 0. The van der Waals surface area contributed by atoms with Crippen molar-refractivity contribution in [3.05, 3.63) is 10.6 Å². The van der Waals surface area contributed by atoms with Crippen molar-refractivity contribution in [1.29, 1.82) is 10.5 Å². The molecule has 94 valence electrons. The molecular weight excluding hydrogens is 254 g/mol. The number of nitriles is 2. The number of carboxylic acids is 1. The van der Waals surface area contributed by atoms with Crippen LogP contribution in [0.1, 0.15) is 13.8 Å². The fraction of sp³-hybridized carbons (Fsp3) is 0.455. The van der Waals surface area contributed by atoms with Gasteiger partial charge in [0.1, 0.15) is 5.92 Å². The summed E-state index contributed by atoms with van der Waals surface area (Å²) in [4.78, 5) is 22.2. The number of rotatable bonds is 3. The van der Waals surface area contributed by atoms with Crippen LogP contribution in [0.5, 0.6) is 0 Å². The average Bonchev–Trinajstić information content (AvgIpc) is 2.25. The van der Waals surface area contributed by atoms with Gasteiger partial charge in [-0.1, -0.05) is 25.6 Å². The zero-order valence-electron chi connectivity index (χ0n) is 9.85. The number of carbonyl (C=O) groups is 2. The molecule has 1 aliphatic heterocycles. The Morgan fingerprint density at radius 3 is 2.61 bits per heavy atom. The Morgan fingerprint density at radius 2 is 2.17 bits per heavy atom. The van der Waals surface area contributed by atoms with Crippen LogP contribution < -0.4 is 5.32 Å². The normalized spacial score (nSPS) is 21.8. The van der Waals surface area contributed by atoms with Crippen LogP contribution in [0.25, 0.3) is 0 Å². The molecule has 0 saturated carbocycles. The first kappa shape index (κ1) is 14.1. The van der Waals surface area contributed by atoms with Crippen molar-refractivity contribution in [2.45, 2.75) is 13.8 Å². The summed E-state index contributed by atoms with van der Waals surface area (Å²) in [5.74, 6) is -2.76. The Hall–Kier alpha value is -1.99. The highest BCUT2D eigenvalue weighted by molar-refractivity contribution is 8.03. The summed E-state index contributed by atoms with van der Waals surface area (Å²) >= 11 is 0.873. The first-order chi connectivity index (χ1) is 8.34. The van der Waals surface area contributed by atoms with Crippen LogP contribution in [0.4, 0.5) is 0 Å². The van der Waals surface area contributed by atoms with E-state index >= 15 is 0 Å². The standard InChI is InChI=1S/C11H11N3O3S/c1-11(2)6(3-12)9(17)14-10(7(11)4-13)18-5-8(15)16/h6H,5H2,1-2H3,(H,14,17)(H,15,16)/t6-/m1/s1. The molecule has 1 amide bonds. The van der Waals surface area contributed by atoms with Crippen molar-refractivity contribution in [2.75, 3.05) is 5.75 Å². The summed E-state index contributed by atoms with van der Waals surface area (Å²) in [5, 5.41) is 29.4. The summed E-state index contributed by atoms with van der Waals surface area (Å²) in [6.45, 7) is 3.25. The molecular formula is C11H11N3O3S. The van der Waals surface area contributed by atoms with Crippen molar-refractivity contribution in [3.8, 4) is 12.1 Å². The fourth-order valence-corrected chi connectivity index (χ4v) is 2.56. The number of hydrogen-bond acceptors (Lipinski definition) is 5. The monoisotopic (exact) mass is 265 g/mol. The molecule has 0 unspecified atom stereocenters. The van der Waals surface area contributed by atoms with Gasteiger partial charge in [0.05, 0.1) is 28.5 Å². The van der Waals surface area contributed by atoms with Gasteiger partial charge in [0.25, 0.3) is 0 Å². The Morgan fingerprint density at radius 1 is 1.56 bits per heavy atom. The molecule has 0 fully saturated rings. The van der Waals surface area contributed by atoms with E-state index in [2.05, 4.69) is 5.32 Å². The van der Waals surface area contributed by atoms with Crippen LogP contribution in [0.15, 0.2) is 10.6 Å². The molecule has 1 rings (SSSR count). The quantitative estimate of drug-likeness (QED) is 0.781. The average molecular weight is 265 g/mol. The van der Waals surface area contributed by atoms with Crippen molar-refractivity contribution >= 4 is 23.6 Å². The molecule has 0 saturated heterocycles. The van der Waals surface area contributed by atoms with Gasteiger partial charge in [-0.25, -0.2) is 0 Å². The van der Waals surface area contributed by atoms with Gasteiger partial charge in [-0.3, -0.25) is 9.59 Å². The Balaban J connectivity index is 3.18. The molecule has 0 bridgehead atoms. The van der Waals surface area contributed by atoms with E-state index in [-0.39, 0.29) is 16.4 Å². The van der Waals surface area contributed by atoms with Gasteiger partial charge < -0.3 is 10.4 Å². The van der Waals surface area contributed by atoms with Crippen LogP contribution in [-0.2, 0) is 9.59 Å². The zero-order chi connectivity index (χ0) is 13.9. The highest BCUT2D eigenvalue weighted by Crippen LogP contribution is 2.41. The van der Waals surface area contributed by atoms with E-state index in [9.17, 15) is 9.59 Å². The number of allylic oxidation sites excluding steroid dienone is 1. The predicted molar refractivity (Wildman–Crippen MR) is 63.8 cm³/mol. The highest BCUT2D eigenvalue weighted by Gasteiger charge is 2.44.